The molecule has 0 radical (unpaired) electrons. The Morgan fingerprint density at radius 1 is 1.47 bits per heavy atom. The van der Waals surface area contributed by atoms with Crippen LogP contribution in [0.25, 0.3) is 0 Å². The van der Waals surface area contributed by atoms with Crippen LogP contribution >= 0.6 is 0 Å². The number of hydrogen-bond donors (Lipinski definition) is 1. The Kier molecular flexibility index (Phi) is 3.40. The SMILES string of the molecule is CC(Cc1ccc2c(c1)CCO2)NS(C)(=O)=O. The fourth-order valence-corrected chi connectivity index (χ4v) is 2.94. The van der Waals surface area contributed by atoms with Crippen molar-refractivity contribution in [1.29, 1.82) is 0 Å². The summed E-state index contributed by atoms with van der Waals surface area (Å²) in [4.78, 5) is 0. The van der Waals surface area contributed by atoms with Crippen LogP contribution < -0.4 is 9.46 Å². The number of sulfonamides is 1. The molecule has 1 aliphatic heterocycles. The molecule has 94 valence electrons. The molecule has 1 aromatic carbocycles. The lowest BCUT2D eigenvalue weighted by atomic mass is 10.0. The maximum atomic E-state index is 11.1. The van der Waals surface area contributed by atoms with Crippen LogP contribution in [0.15, 0.2) is 18.2 Å². The lowest BCUT2D eigenvalue weighted by Crippen LogP contribution is -2.33. The fraction of sp³-hybridized carbons (Fsp3) is 0.500. The molecule has 0 aliphatic carbocycles. The van der Waals surface area contributed by atoms with E-state index in [2.05, 4.69) is 10.8 Å². The summed E-state index contributed by atoms with van der Waals surface area (Å²) < 4.78 is 30.2. The Labute approximate surface area is 102 Å². The molecule has 0 bridgehead atoms. The Balaban J connectivity index is 2.04. The van der Waals surface area contributed by atoms with E-state index in [4.69, 9.17) is 4.74 Å². The van der Waals surface area contributed by atoms with Gasteiger partial charge in [0, 0.05) is 12.5 Å². The van der Waals surface area contributed by atoms with E-state index in [9.17, 15) is 8.42 Å². The van der Waals surface area contributed by atoms with E-state index in [0.29, 0.717) is 6.42 Å². The van der Waals surface area contributed by atoms with Crippen molar-refractivity contribution in [2.24, 2.45) is 0 Å². The third-order valence-corrected chi connectivity index (χ3v) is 3.54. The van der Waals surface area contributed by atoms with Crippen LogP contribution in [0.1, 0.15) is 18.1 Å². The molecule has 1 N–H and O–H groups in total. The second kappa shape index (κ2) is 4.66. The maximum absolute atomic E-state index is 11.1. The third-order valence-electron chi connectivity index (χ3n) is 2.71. The number of ether oxygens (including phenoxy) is 1. The zero-order valence-electron chi connectivity index (χ0n) is 10.1. The van der Waals surface area contributed by atoms with E-state index in [1.165, 1.54) is 11.8 Å². The van der Waals surface area contributed by atoms with Gasteiger partial charge in [0.1, 0.15) is 5.75 Å². The van der Waals surface area contributed by atoms with Gasteiger partial charge in [0.2, 0.25) is 10.0 Å². The molecule has 4 nitrogen and oxygen atoms in total. The van der Waals surface area contributed by atoms with Gasteiger partial charge >= 0.3 is 0 Å². The normalized spacial score (nSPS) is 16.4. The van der Waals surface area contributed by atoms with Gasteiger partial charge in [-0.3, -0.25) is 0 Å². The highest BCUT2D eigenvalue weighted by molar-refractivity contribution is 7.88. The van der Waals surface area contributed by atoms with Gasteiger partial charge in [-0.25, -0.2) is 13.1 Å². The Bertz CT molecular complexity index is 510. The van der Waals surface area contributed by atoms with Crippen LogP contribution in [0.3, 0.4) is 0 Å². The predicted molar refractivity (Wildman–Crippen MR) is 66.8 cm³/mol. The Morgan fingerprint density at radius 2 is 2.24 bits per heavy atom. The molecule has 2 rings (SSSR count). The average Bonchev–Trinajstić information content (AvgIpc) is 2.61. The summed E-state index contributed by atoms with van der Waals surface area (Å²) in [5, 5.41) is 0. The summed E-state index contributed by atoms with van der Waals surface area (Å²) >= 11 is 0. The van der Waals surface area contributed by atoms with Crippen LogP contribution in [0, 0.1) is 0 Å². The molecule has 17 heavy (non-hydrogen) atoms. The van der Waals surface area contributed by atoms with Crippen molar-refractivity contribution in [1.82, 2.24) is 4.72 Å². The van der Waals surface area contributed by atoms with Gasteiger partial charge in [-0.2, -0.15) is 0 Å². The third kappa shape index (κ3) is 3.44. The quantitative estimate of drug-likeness (QED) is 0.876. The Hall–Kier alpha value is -1.07. The first-order chi connectivity index (χ1) is 7.94. The summed E-state index contributed by atoms with van der Waals surface area (Å²) in [7, 11) is -3.13. The van der Waals surface area contributed by atoms with E-state index in [1.54, 1.807) is 0 Å². The molecule has 0 saturated carbocycles. The minimum atomic E-state index is -3.13. The zero-order chi connectivity index (χ0) is 12.5. The molecule has 5 heteroatoms. The Morgan fingerprint density at radius 3 is 2.94 bits per heavy atom. The maximum Gasteiger partial charge on any atom is 0.208 e. The molecule has 0 fully saturated rings. The molecule has 0 aromatic heterocycles. The molecule has 1 aliphatic rings. The van der Waals surface area contributed by atoms with Gasteiger partial charge in [-0.05, 0) is 30.5 Å². The van der Waals surface area contributed by atoms with E-state index < -0.39 is 10.0 Å². The second-order valence-electron chi connectivity index (χ2n) is 4.54. The van der Waals surface area contributed by atoms with E-state index in [0.717, 1.165) is 24.3 Å². The molecule has 0 saturated heterocycles. The van der Waals surface area contributed by atoms with Gasteiger partial charge in [0.15, 0.2) is 0 Å². The minimum absolute atomic E-state index is 0.0922. The topological polar surface area (TPSA) is 55.4 Å². The molecule has 1 unspecified atom stereocenters. The lowest BCUT2D eigenvalue weighted by Gasteiger charge is -2.12. The lowest BCUT2D eigenvalue weighted by molar-refractivity contribution is 0.357. The number of rotatable bonds is 4. The van der Waals surface area contributed by atoms with Gasteiger partial charge in [0.25, 0.3) is 0 Å². The van der Waals surface area contributed by atoms with E-state index in [1.807, 2.05) is 19.1 Å². The van der Waals surface area contributed by atoms with Crippen LogP contribution in [-0.4, -0.2) is 27.3 Å². The van der Waals surface area contributed by atoms with E-state index in [-0.39, 0.29) is 6.04 Å². The van der Waals surface area contributed by atoms with Crippen LogP contribution in [0.4, 0.5) is 0 Å². The summed E-state index contributed by atoms with van der Waals surface area (Å²) in [6.07, 6.45) is 2.82. The zero-order valence-corrected chi connectivity index (χ0v) is 10.9. The summed E-state index contributed by atoms with van der Waals surface area (Å²) in [5.41, 5.74) is 2.35. The van der Waals surface area contributed by atoms with Crippen molar-refractivity contribution < 1.29 is 13.2 Å². The smallest absolute Gasteiger partial charge is 0.208 e. The summed E-state index contributed by atoms with van der Waals surface area (Å²) in [6.45, 7) is 2.61. The molecule has 0 amide bonds. The minimum Gasteiger partial charge on any atom is -0.493 e. The summed E-state index contributed by atoms with van der Waals surface area (Å²) in [5.74, 6) is 0.956. The van der Waals surface area contributed by atoms with Gasteiger partial charge < -0.3 is 4.74 Å². The molecule has 1 atom stereocenters. The monoisotopic (exact) mass is 255 g/mol. The highest BCUT2D eigenvalue weighted by Crippen LogP contribution is 2.26. The van der Waals surface area contributed by atoms with Crippen LogP contribution in [-0.2, 0) is 22.9 Å². The van der Waals surface area contributed by atoms with Crippen molar-refractivity contribution in [3.05, 3.63) is 29.3 Å². The molecular weight excluding hydrogens is 238 g/mol. The van der Waals surface area contributed by atoms with Crippen molar-refractivity contribution >= 4 is 10.0 Å². The van der Waals surface area contributed by atoms with E-state index >= 15 is 0 Å². The molecule has 1 aromatic rings. The summed E-state index contributed by atoms with van der Waals surface area (Å²) in [6, 6.07) is 5.96. The number of nitrogens with one attached hydrogen (secondary N) is 1. The molecule has 1 heterocycles. The predicted octanol–water partition coefficient (Wildman–Crippen LogP) is 1.10. The average molecular weight is 255 g/mol. The van der Waals surface area contributed by atoms with Crippen LogP contribution in [0.5, 0.6) is 5.75 Å². The molecular formula is C12H17NO3S. The van der Waals surface area contributed by atoms with Crippen molar-refractivity contribution in [2.45, 2.75) is 25.8 Å². The van der Waals surface area contributed by atoms with Crippen LogP contribution in [0.2, 0.25) is 0 Å². The first kappa shape index (κ1) is 12.4. The highest BCUT2D eigenvalue weighted by Gasteiger charge is 2.14. The van der Waals surface area contributed by atoms with Gasteiger partial charge in [0.05, 0.1) is 12.9 Å². The fourth-order valence-electron chi connectivity index (χ4n) is 2.13. The second-order valence-corrected chi connectivity index (χ2v) is 6.32. The standard InChI is InChI=1S/C12H17NO3S/c1-9(13-17(2,14)15)7-10-3-4-12-11(8-10)5-6-16-12/h3-4,8-9,13H,5-7H2,1-2H3. The van der Waals surface area contributed by atoms with Gasteiger partial charge in [-0.15, -0.1) is 0 Å². The van der Waals surface area contributed by atoms with Crippen molar-refractivity contribution in [3.63, 3.8) is 0 Å². The number of hydrogen-bond acceptors (Lipinski definition) is 3. The van der Waals surface area contributed by atoms with Gasteiger partial charge in [-0.1, -0.05) is 12.1 Å². The number of fused-ring (bicyclic) bond motifs is 1. The van der Waals surface area contributed by atoms with Crippen molar-refractivity contribution in [3.8, 4) is 5.75 Å². The van der Waals surface area contributed by atoms with Crippen molar-refractivity contribution in [2.75, 3.05) is 12.9 Å². The first-order valence-electron chi connectivity index (χ1n) is 5.66. The highest BCUT2D eigenvalue weighted by atomic mass is 32.2. The first-order valence-corrected chi connectivity index (χ1v) is 7.55. The number of benzene rings is 1. The molecule has 0 spiro atoms. The largest absolute Gasteiger partial charge is 0.493 e.